The molecule has 0 fully saturated rings. The Morgan fingerprint density at radius 3 is 2.13 bits per heavy atom. The summed E-state index contributed by atoms with van der Waals surface area (Å²) in [6, 6.07) is 8.72. The Hall–Kier alpha value is -0.750. The molecule has 0 heterocycles. The molecule has 0 atom stereocenters. The van der Waals surface area contributed by atoms with E-state index in [2.05, 4.69) is 52.0 Å². The van der Waals surface area contributed by atoms with Crippen molar-refractivity contribution in [3.05, 3.63) is 41.5 Å². The van der Waals surface area contributed by atoms with E-state index in [0.29, 0.717) is 5.88 Å². The van der Waals surface area contributed by atoms with Crippen LogP contribution >= 0.6 is 11.6 Å². The second-order valence-corrected chi connectivity index (χ2v) is 5.18. The highest BCUT2D eigenvalue weighted by atomic mass is 35.5. The van der Waals surface area contributed by atoms with Crippen LogP contribution in [0, 0.1) is 0 Å². The Morgan fingerprint density at radius 2 is 1.73 bits per heavy atom. The minimum atomic E-state index is 0.225. The van der Waals surface area contributed by atoms with Gasteiger partial charge in [0.1, 0.15) is 0 Å². The van der Waals surface area contributed by atoms with Crippen molar-refractivity contribution in [1.82, 2.24) is 0 Å². The molecule has 0 radical (unpaired) electrons. The van der Waals surface area contributed by atoms with Crippen LogP contribution in [0.5, 0.6) is 0 Å². The summed E-state index contributed by atoms with van der Waals surface area (Å²) in [5.41, 5.74) is 4.09. The SMILES string of the molecule is CC(=CCCl)c1ccc(C(C)(C)C)cc1. The predicted molar refractivity (Wildman–Crippen MR) is 69.5 cm³/mol. The molecular weight excluding hydrogens is 204 g/mol. The maximum Gasteiger partial charge on any atom is 0.0409 e. The van der Waals surface area contributed by atoms with Crippen molar-refractivity contribution in [3.63, 3.8) is 0 Å². The van der Waals surface area contributed by atoms with E-state index >= 15 is 0 Å². The highest BCUT2D eigenvalue weighted by Crippen LogP contribution is 2.24. The van der Waals surface area contributed by atoms with Gasteiger partial charge in [-0.1, -0.05) is 51.1 Å². The summed E-state index contributed by atoms with van der Waals surface area (Å²) in [6.07, 6.45) is 2.04. The van der Waals surface area contributed by atoms with Crippen LogP contribution in [0.15, 0.2) is 30.3 Å². The quantitative estimate of drug-likeness (QED) is 0.641. The number of hydrogen-bond donors (Lipinski definition) is 0. The van der Waals surface area contributed by atoms with E-state index in [1.54, 1.807) is 0 Å². The van der Waals surface area contributed by atoms with Crippen LogP contribution in [0.4, 0.5) is 0 Å². The van der Waals surface area contributed by atoms with E-state index in [4.69, 9.17) is 11.6 Å². The first-order valence-electron chi connectivity index (χ1n) is 5.29. The zero-order chi connectivity index (χ0) is 11.5. The Labute approximate surface area is 98.0 Å². The minimum Gasteiger partial charge on any atom is -0.122 e. The van der Waals surface area contributed by atoms with E-state index in [1.807, 2.05) is 6.08 Å². The van der Waals surface area contributed by atoms with Gasteiger partial charge in [-0.2, -0.15) is 0 Å². The fourth-order valence-corrected chi connectivity index (χ4v) is 1.70. The number of rotatable bonds is 2. The molecule has 0 unspecified atom stereocenters. The normalized spacial score (nSPS) is 13.0. The van der Waals surface area contributed by atoms with Crippen LogP contribution in [-0.2, 0) is 5.41 Å². The molecule has 0 amide bonds. The molecule has 0 aliphatic carbocycles. The third-order valence-electron chi connectivity index (χ3n) is 2.59. The maximum absolute atomic E-state index is 5.67. The van der Waals surface area contributed by atoms with Gasteiger partial charge in [-0.3, -0.25) is 0 Å². The van der Waals surface area contributed by atoms with Crippen LogP contribution < -0.4 is 0 Å². The van der Waals surface area contributed by atoms with Gasteiger partial charge in [0.25, 0.3) is 0 Å². The fourth-order valence-electron chi connectivity index (χ4n) is 1.47. The Kier molecular flexibility index (Phi) is 3.98. The van der Waals surface area contributed by atoms with Gasteiger partial charge in [0.2, 0.25) is 0 Å². The topological polar surface area (TPSA) is 0 Å². The van der Waals surface area contributed by atoms with Crippen LogP contribution in [0.1, 0.15) is 38.8 Å². The zero-order valence-corrected chi connectivity index (χ0v) is 10.7. The summed E-state index contributed by atoms with van der Waals surface area (Å²) in [6.45, 7) is 8.77. The lowest BCUT2D eigenvalue weighted by Crippen LogP contribution is -2.10. The van der Waals surface area contributed by atoms with Crippen LogP contribution in [0.2, 0.25) is 0 Å². The highest BCUT2D eigenvalue weighted by molar-refractivity contribution is 6.19. The summed E-state index contributed by atoms with van der Waals surface area (Å²) in [7, 11) is 0. The molecule has 0 aliphatic rings. The molecule has 15 heavy (non-hydrogen) atoms. The van der Waals surface area contributed by atoms with Crippen LogP contribution in [0.25, 0.3) is 5.57 Å². The van der Waals surface area contributed by atoms with Crippen molar-refractivity contribution in [3.8, 4) is 0 Å². The molecular formula is C14H19Cl. The first-order chi connectivity index (χ1) is 6.95. The molecule has 0 aromatic heterocycles. The summed E-state index contributed by atoms with van der Waals surface area (Å²) >= 11 is 5.67. The van der Waals surface area contributed by atoms with Gasteiger partial charge in [-0.05, 0) is 29.0 Å². The molecule has 0 N–H and O–H groups in total. The van der Waals surface area contributed by atoms with Crippen molar-refractivity contribution < 1.29 is 0 Å². The Morgan fingerprint density at radius 1 is 1.20 bits per heavy atom. The molecule has 1 rings (SSSR count). The van der Waals surface area contributed by atoms with Gasteiger partial charge in [-0.25, -0.2) is 0 Å². The number of benzene rings is 1. The molecule has 1 aromatic rings. The second-order valence-electron chi connectivity index (χ2n) is 4.87. The molecule has 1 heteroatoms. The van der Waals surface area contributed by atoms with Gasteiger partial charge >= 0.3 is 0 Å². The smallest absolute Gasteiger partial charge is 0.0409 e. The average Bonchev–Trinajstić information content (AvgIpc) is 2.17. The van der Waals surface area contributed by atoms with Crippen LogP contribution in [-0.4, -0.2) is 5.88 Å². The summed E-state index contributed by atoms with van der Waals surface area (Å²) in [4.78, 5) is 0. The summed E-state index contributed by atoms with van der Waals surface area (Å²) < 4.78 is 0. The lowest BCUT2D eigenvalue weighted by Gasteiger charge is -2.19. The molecule has 0 aliphatic heterocycles. The predicted octanol–water partition coefficient (Wildman–Crippen LogP) is 4.63. The van der Waals surface area contributed by atoms with Crippen molar-refractivity contribution in [2.24, 2.45) is 0 Å². The van der Waals surface area contributed by atoms with Crippen molar-refractivity contribution in [2.75, 3.05) is 5.88 Å². The van der Waals surface area contributed by atoms with Gasteiger partial charge in [0.05, 0.1) is 0 Å². The number of alkyl halides is 1. The van der Waals surface area contributed by atoms with E-state index in [0.717, 1.165) is 0 Å². The minimum absolute atomic E-state index is 0.225. The van der Waals surface area contributed by atoms with E-state index < -0.39 is 0 Å². The van der Waals surface area contributed by atoms with Gasteiger partial charge in [0.15, 0.2) is 0 Å². The largest absolute Gasteiger partial charge is 0.122 e. The Balaban J connectivity index is 2.96. The van der Waals surface area contributed by atoms with Crippen LogP contribution in [0.3, 0.4) is 0 Å². The molecule has 0 nitrogen and oxygen atoms in total. The van der Waals surface area contributed by atoms with E-state index in [-0.39, 0.29) is 5.41 Å². The first kappa shape index (κ1) is 12.3. The third kappa shape index (κ3) is 3.39. The molecule has 0 saturated heterocycles. The van der Waals surface area contributed by atoms with E-state index in [1.165, 1.54) is 16.7 Å². The number of halogens is 1. The number of allylic oxidation sites excluding steroid dienone is 2. The number of hydrogen-bond acceptors (Lipinski definition) is 0. The first-order valence-corrected chi connectivity index (χ1v) is 5.82. The lowest BCUT2D eigenvalue weighted by atomic mass is 9.86. The monoisotopic (exact) mass is 222 g/mol. The molecule has 0 saturated carbocycles. The molecule has 1 aromatic carbocycles. The van der Waals surface area contributed by atoms with Gasteiger partial charge < -0.3 is 0 Å². The summed E-state index contributed by atoms with van der Waals surface area (Å²) in [5.74, 6) is 0.576. The van der Waals surface area contributed by atoms with E-state index in [9.17, 15) is 0 Å². The summed E-state index contributed by atoms with van der Waals surface area (Å²) in [5, 5.41) is 0. The highest BCUT2D eigenvalue weighted by Gasteiger charge is 2.12. The third-order valence-corrected chi connectivity index (χ3v) is 2.74. The van der Waals surface area contributed by atoms with Gasteiger partial charge in [-0.15, -0.1) is 11.6 Å². The lowest BCUT2D eigenvalue weighted by molar-refractivity contribution is 0.590. The fraction of sp³-hybridized carbons (Fsp3) is 0.429. The molecule has 0 bridgehead atoms. The second kappa shape index (κ2) is 4.85. The average molecular weight is 223 g/mol. The molecule has 82 valence electrons. The molecule has 0 spiro atoms. The standard InChI is InChI=1S/C14H19Cl/c1-11(9-10-15)12-5-7-13(8-6-12)14(2,3)4/h5-9H,10H2,1-4H3. The van der Waals surface area contributed by atoms with Gasteiger partial charge in [0, 0.05) is 5.88 Å². The maximum atomic E-state index is 5.67. The van der Waals surface area contributed by atoms with Crippen molar-refractivity contribution in [1.29, 1.82) is 0 Å². The van der Waals surface area contributed by atoms with Crippen molar-refractivity contribution >= 4 is 17.2 Å². The zero-order valence-electron chi connectivity index (χ0n) is 9.97. The Bertz CT molecular complexity index is 339. The van der Waals surface area contributed by atoms with Crippen molar-refractivity contribution in [2.45, 2.75) is 33.1 Å².